The van der Waals surface area contributed by atoms with E-state index in [1.165, 1.54) is 18.2 Å². The Morgan fingerprint density at radius 1 is 1.33 bits per heavy atom. The van der Waals surface area contributed by atoms with Crippen LogP contribution in [-0.2, 0) is 0 Å². The van der Waals surface area contributed by atoms with Gasteiger partial charge >= 0.3 is 6.36 Å². The lowest BCUT2D eigenvalue weighted by molar-refractivity contribution is -0.274. The minimum absolute atomic E-state index is 0.0187. The van der Waals surface area contributed by atoms with Crippen molar-refractivity contribution in [3.63, 3.8) is 0 Å². The summed E-state index contributed by atoms with van der Waals surface area (Å²) in [5.41, 5.74) is 5.24. The van der Waals surface area contributed by atoms with E-state index in [1.54, 1.807) is 6.92 Å². The van der Waals surface area contributed by atoms with Gasteiger partial charge in [-0.1, -0.05) is 6.07 Å². The lowest BCUT2D eigenvalue weighted by atomic mass is 10.3. The number of ether oxygens (including phenoxy) is 2. The average molecular weight is 221 g/mol. The fourth-order valence-electron chi connectivity index (χ4n) is 1.03. The molecular weight excluding hydrogens is 211 g/mol. The first-order valence-corrected chi connectivity index (χ1v) is 4.21. The Morgan fingerprint density at radius 3 is 2.53 bits per heavy atom. The van der Waals surface area contributed by atoms with Crippen LogP contribution in [0.3, 0.4) is 0 Å². The van der Waals surface area contributed by atoms with E-state index in [1.807, 2.05) is 0 Å². The monoisotopic (exact) mass is 221 g/mol. The van der Waals surface area contributed by atoms with Crippen molar-refractivity contribution >= 4 is 5.69 Å². The fraction of sp³-hybridized carbons (Fsp3) is 0.333. The third-order valence-electron chi connectivity index (χ3n) is 1.53. The molecule has 0 amide bonds. The Bertz CT molecular complexity index is 339. The maximum absolute atomic E-state index is 12.0. The SMILES string of the molecule is CCOc1cccc(N)c1OC(F)(F)F. The molecule has 0 bridgehead atoms. The van der Waals surface area contributed by atoms with Crippen molar-refractivity contribution in [2.75, 3.05) is 12.3 Å². The van der Waals surface area contributed by atoms with Crippen molar-refractivity contribution in [1.29, 1.82) is 0 Å². The van der Waals surface area contributed by atoms with E-state index in [0.717, 1.165) is 0 Å². The molecule has 0 aromatic heterocycles. The summed E-state index contributed by atoms with van der Waals surface area (Å²) in [4.78, 5) is 0. The Labute approximate surface area is 84.6 Å². The van der Waals surface area contributed by atoms with Gasteiger partial charge in [-0.3, -0.25) is 0 Å². The number of alkyl halides is 3. The van der Waals surface area contributed by atoms with Crippen LogP contribution in [0.15, 0.2) is 18.2 Å². The van der Waals surface area contributed by atoms with E-state index in [4.69, 9.17) is 10.5 Å². The molecule has 2 N–H and O–H groups in total. The fourth-order valence-corrected chi connectivity index (χ4v) is 1.03. The van der Waals surface area contributed by atoms with Gasteiger partial charge in [0, 0.05) is 0 Å². The highest BCUT2D eigenvalue weighted by Crippen LogP contribution is 2.37. The number of nitrogen functional groups attached to an aromatic ring is 1. The molecule has 3 nitrogen and oxygen atoms in total. The topological polar surface area (TPSA) is 44.5 Å². The zero-order valence-electron chi connectivity index (χ0n) is 7.97. The maximum Gasteiger partial charge on any atom is 0.573 e. The van der Waals surface area contributed by atoms with Crippen LogP contribution < -0.4 is 15.2 Å². The summed E-state index contributed by atoms with van der Waals surface area (Å²) < 4.78 is 44.7. The molecule has 84 valence electrons. The van der Waals surface area contributed by atoms with E-state index in [9.17, 15) is 13.2 Å². The quantitative estimate of drug-likeness (QED) is 0.798. The molecule has 0 heterocycles. The molecule has 1 rings (SSSR count). The summed E-state index contributed by atoms with van der Waals surface area (Å²) in [6.45, 7) is 1.89. The van der Waals surface area contributed by atoms with Crippen LogP contribution in [0.2, 0.25) is 0 Å². The second-order valence-electron chi connectivity index (χ2n) is 2.66. The van der Waals surface area contributed by atoms with Gasteiger partial charge in [-0.2, -0.15) is 0 Å². The maximum atomic E-state index is 12.0. The van der Waals surface area contributed by atoms with E-state index in [0.29, 0.717) is 0 Å². The molecule has 0 aliphatic heterocycles. The molecule has 6 heteroatoms. The van der Waals surface area contributed by atoms with E-state index in [2.05, 4.69) is 4.74 Å². The molecular formula is C9H10F3NO2. The lowest BCUT2D eigenvalue weighted by Crippen LogP contribution is -2.18. The van der Waals surface area contributed by atoms with Crippen LogP contribution in [0, 0.1) is 0 Å². The van der Waals surface area contributed by atoms with Crippen molar-refractivity contribution < 1.29 is 22.6 Å². The number of anilines is 1. The van der Waals surface area contributed by atoms with Gasteiger partial charge in [-0.15, -0.1) is 13.2 Å². The summed E-state index contributed by atoms with van der Waals surface area (Å²) >= 11 is 0. The van der Waals surface area contributed by atoms with Crippen molar-refractivity contribution in [2.45, 2.75) is 13.3 Å². The average Bonchev–Trinajstić information content (AvgIpc) is 2.10. The number of halogens is 3. The van der Waals surface area contributed by atoms with Crippen molar-refractivity contribution in [1.82, 2.24) is 0 Å². The van der Waals surface area contributed by atoms with Crippen LogP contribution in [0.1, 0.15) is 6.92 Å². The first-order chi connectivity index (χ1) is 6.94. The largest absolute Gasteiger partial charge is 0.573 e. The Hall–Kier alpha value is -1.59. The molecule has 1 aromatic rings. The Balaban J connectivity index is 3.02. The summed E-state index contributed by atoms with van der Waals surface area (Å²) in [5, 5.41) is 0. The number of hydrogen-bond acceptors (Lipinski definition) is 3. The molecule has 0 atom stereocenters. The van der Waals surface area contributed by atoms with Gasteiger partial charge in [0.15, 0.2) is 11.5 Å². The predicted molar refractivity (Wildman–Crippen MR) is 48.7 cm³/mol. The predicted octanol–water partition coefficient (Wildman–Crippen LogP) is 2.57. The Kier molecular flexibility index (Phi) is 3.28. The second-order valence-corrected chi connectivity index (χ2v) is 2.66. The Morgan fingerprint density at radius 2 is 2.00 bits per heavy atom. The van der Waals surface area contributed by atoms with E-state index >= 15 is 0 Å². The van der Waals surface area contributed by atoms with Crippen molar-refractivity contribution in [3.05, 3.63) is 18.2 Å². The van der Waals surface area contributed by atoms with E-state index in [-0.39, 0.29) is 18.0 Å². The number of rotatable bonds is 3. The van der Waals surface area contributed by atoms with Crippen LogP contribution >= 0.6 is 0 Å². The van der Waals surface area contributed by atoms with E-state index < -0.39 is 12.1 Å². The number of hydrogen-bond donors (Lipinski definition) is 1. The minimum atomic E-state index is -4.78. The smallest absolute Gasteiger partial charge is 0.490 e. The van der Waals surface area contributed by atoms with Gasteiger partial charge in [0.05, 0.1) is 12.3 Å². The number of para-hydroxylation sites is 1. The normalized spacial score (nSPS) is 11.2. The first kappa shape index (κ1) is 11.5. The highest BCUT2D eigenvalue weighted by molar-refractivity contribution is 5.60. The molecule has 1 aromatic carbocycles. The van der Waals surface area contributed by atoms with Crippen LogP contribution in [-0.4, -0.2) is 13.0 Å². The van der Waals surface area contributed by atoms with Gasteiger partial charge < -0.3 is 15.2 Å². The van der Waals surface area contributed by atoms with Crippen LogP contribution in [0.4, 0.5) is 18.9 Å². The highest BCUT2D eigenvalue weighted by Gasteiger charge is 2.33. The van der Waals surface area contributed by atoms with Gasteiger partial charge in [0.1, 0.15) is 0 Å². The van der Waals surface area contributed by atoms with Crippen LogP contribution in [0.5, 0.6) is 11.5 Å². The standard InChI is InChI=1S/C9H10F3NO2/c1-2-14-7-5-3-4-6(13)8(7)15-9(10,11)12/h3-5H,2,13H2,1H3. The van der Waals surface area contributed by atoms with Gasteiger partial charge in [-0.05, 0) is 19.1 Å². The van der Waals surface area contributed by atoms with Crippen molar-refractivity contribution in [2.24, 2.45) is 0 Å². The molecule has 0 saturated carbocycles. The second kappa shape index (κ2) is 4.29. The summed E-state index contributed by atoms with van der Waals surface area (Å²) in [7, 11) is 0. The summed E-state index contributed by atoms with van der Waals surface area (Å²) in [6, 6.07) is 4.16. The van der Waals surface area contributed by atoms with Crippen LogP contribution in [0.25, 0.3) is 0 Å². The third-order valence-corrected chi connectivity index (χ3v) is 1.53. The van der Waals surface area contributed by atoms with Gasteiger partial charge in [0.2, 0.25) is 0 Å². The summed E-state index contributed by atoms with van der Waals surface area (Å²) in [6.07, 6.45) is -4.78. The molecule has 0 aliphatic rings. The van der Waals surface area contributed by atoms with Gasteiger partial charge in [-0.25, -0.2) is 0 Å². The molecule has 0 unspecified atom stereocenters. The molecule has 0 aliphatic carbocycles. The zero-order valence-corrected chi connectivity index (χ0v) is 7.97. The molecule has 0 radical (unpaired) electrons. The highest BCUT2D eigenvalue weighted by atomic mass is 19.4. The number of benzene rings is 1. The third kappa shape index (κ3) is 3.23. The molecule has 0 saturated heterocycles. The first-order valence-electron chi connectivity index (χ1n) is 4.21. The summed E-state index contributed by atoms with van der Waals surface area (Å²) in [5.74, 6) is -0.512. The minimum Gasteiger partial charge on any atom is -0.490 e. The number of nitrogens with two attached hydrogens (primary N) is 1. The van der Waals surface area contributed by atoms with Gasteiger partial charge in [0.25, 0.3) is 0 Å². The molecule has 0 fully saturated rings. The molecule has 15 heavy (non-hydrogen) atoms. The zero-order chi connectivity index (χ0) is 11.5. The molecule has 0 spiro atoms. The van der Waals surface area contributed by atoms with Crippen molar-refractivity contribution in [3.8, 4) is 11.5 Å². The lowest BCUT2D eigenvalue weighted by Gasteiger charge is -2.14.